The van der Waals surface area contributed by atoms with Crippen molar-refractivity contribution in [3.05, 3.63) is 35.9 Å². The van der Waals surface area contributed by atoms with Crippen LogP contribution in [0.15, 0.2) is 24.5 Å². The van der Waals surface area contributed by atoms with Crippen molar-refractivity contribution in [3.63, 3.8) is 0 Å². The fourth-order valence-electron chi connectivity index (χ4n) is 2.08. The Morgan fingerprint density at radius 3 is 3.17 bits per heavy atom. The Morgan fingerprint density at radius 2 is 2.44 bits per heavy atom. The summed E-state index contributed by atoms with van der Waals surface area (Å²) in [6.07, 6.45) is 4.29. The molecule has 3 rings (SSSR count). The summed E-state index contributed by atoms with van der Waals surface area (Å²) < 4.78 is 1.62. The van der Waals surface area contributed by atoms with E-state index in [0.29, 0.717) is 5.95 Å². The Morgan fingerprint density at radius 1 is 1.56 bits per heavy atom. The van der Waals surface area contributed by atoms with Gasteiger partial charge in [0, 0.05) is 18.9 Å². The van der Waals surface area contributed by atoms with Crippen LogP contribution in [0.4, 0.5) is 5.95 Å². The van der Waals surface area contributed by atoms with Crippen molar-refractivity contribution in [3.8, 4) is 0 Å². The molecule has 0 saturated heterocycles. The molecule has 0 radical (unpaired) electrons. The number of anilines is 1. The normalized spacial score (nSPS) is 17.9. The minimum Gasteiger partial charge on any atom is -0.475 e. The highest BCUT2D eigenvalue weighted by Crippen LogP contribution is 2.27. The van der Waals surface area contributed by atoms with Crippen molar-refractivity contribution in [1.29, 1.82) is 0 Å². The lowest BCUT2D eigenvalue weighted by Gasteiger charge is -2.24. The summed E-state index contributed by atoms with van der Waals surface area (Å²) in [4.78, 5) is 18.9. The van der Waals surface area contributed by atoms with E-state index in [2.05, 4.69) is 20.4 Å². The van der Waals surface area contributed by atoms with Gasteiger partial charge in [-0.05, 0) is 18.1 Å². The number of hydrogen-bond donors (Lipinski definition) is 2. The highest BCUT2D eigenvalue weighted by Gasteiger charge is 2.26. The molecule has 2 N–H and O–H groups in total. The van der Waals surface area contributed by atoms with Gasteiger partial charge < -0.3 is 10.4 Å². The monoisotopic (exact) mass is 245 g/mol. The van der Waals surface area contributed by atoms with E-state index in [-0.39, 0.29) is 11.9 Å². The molecule has 0 aliphatic carbocycles. The van der Waals surface area contributed by atoms with Crippen LogP contribution in [0.1, 0.15) is 28.6 Å². The number of nitrogens with one attached hydrogen (secondary N) is 1. The lowest BCUT2D eigenvalue weighted by Crippen LogP contribution is -2.24. The van der Waals surface area contributed by atoms with Gasteiger partial charge in [0.2, 0.25) is 5.95 Å². The number of fused-ring (bicyclic) bond motifs is 1. The number of hydrogen-bond acceptors (Lipinski definition) is 5. The van der Waals surface area contributed by atoms with Gasteiger partial charge in [0.05, 0.1) is 6.04 Å². The van der Waals surface area contributed by atoms with Gasteiger partial charge in [0.1, 0.15) is 0 Å². The molecule has 7 nitrogen and oxygen atoms in total. The molecule has 1 aliphatic rings. The second-order valence-electron chi connectivity index (χ2n) is 4.03. The fourth-order valence-corrected chi connectivity index (χ4v) is 2.08. The zero-order chi connectivity index (χ0) is 12.5. The van der Waals surface area contributed by atoms with Crippen LogP contribution in [0.2, 0.25) is 0 Å². The minimum absolute atomic E-state index is 0.0180. The topological polar surface area (TPSA) is 92.9 Å². The van der Waals surface area contributed by atoms with Crippen LogP contribution in [0.5, 0.6) is 0 Å². The standard InChI is InChI=1S/C11H11N5O2/c17-10(18)9-14-11-13-5-3-8(16(11)15-9)7-2-1-4-12-6-7/h1-2,4,6,8H,3,5H2,(H,17,18)(H,13,14,15). The summed E-state index contributed by atoms with van der Waals surface area (Å²) in [5.74, 6) is -0.815. The summed E-state index contributed by atoms with van der Waals surface area (Å²) in [6, 6.07) is 3.79. The molecular formula is C11H11N5O2. The summed E-state index contributed by atoms with van der Waals surface area (Å²) in [5.41, 5.74) is 1.00. The first-order valence-electron chi connectivity index (χ1n) is 5.59. The average Bonchev–Trinajstić information content (AvgIpc) is 2.83. The van der Waals surface area contributed by atoms with Gasteiger partial charge in [-0.25, -0.2) is 9.48 Å². The van der Waals surface area contributed by atoms with Crippen molar-refractivity contribution >= 4 is 11.9 Å². The molecule has 7 heteroatoms. The number of rotatable bonds is 2. The van der Waals surface area contributed by atoms with Crippen molar-refractivity contribution in [2.45, 2.75) is 12.5 Å². The molecule has 0 saturated carbocycles. The van der Waals surface area contributed by atoms with Crippen LogP contribution < -0.4 is 5.32 Å². The molecule has 0 fully saturated rings. The number of carbonyl (C=O) groups is 1. The first-order chi connectivity index (χ1) is 8.75. The second kappa shape index (κ2) is 4.10. The smallest absolute Gasteiger partial charge is 0.375 e. The first-order valence-corrected chi connectivity index (χ1v) is 5.59. The van der Waals surface area contributed by atoms with Crippen LogP contribution in [-0.2, 0) is 0 Å². The summed E-state index contributed by atoms with van der Waals surface area (Å²) >= 11 is 0. The molecule has 18 heavy (non-hydrogen) atoms. The van der Waals surface area contributed by atoms with Gasteiger partial charge in [0.15, 0.2) is 0 Å². The SMILES string of the molecule is O=C(O)c1nc2n(n1)C(c1cccnc1)CCN2. The molecule has 2 aromatic heterocycles. The number of carboxylic acids is 1. The third-order valence-electron chi connectivity index (χ3n) is 2.89. The van der Waals surface area contributed by atoms with Crippen molar-refractivity contribution in [2.24, 2.45) is 0 Å². The molecule has 1 aliphatic heterocycles. The van der Waals surface area contributed by atoms with Crippen molar-refractivity contribution in [1.82, 2.24) is 19.7 Å². The minimum atomic E-state index is -1.12. The highest BCUT2D eigenvalue weighted by molar-refractivity contribution is 5.83. The predicted molar refractivity (Wildman–Crippen MR) is 62.5 cm³/mol. The lowest BCUT2D eigenvalue weighted by molar-refractivity contribution is 0.0683. The van der Waals surface area contributed by atoms with E-state index in [1.807, 2.05) is 12.1 Å². The number of carboxylic acid groups (broad SMARTS) is 1. The van der Waals surface area contributed by atoms with Crippen LogP contribution in [-0.4, -0.2) is 37.4 Å². The Hall–Kier alpha value is -2.44. The van der Waals surface area contributed by atoms with E-state index >= 15 is 0 Å². The first kappa shape index (κ1) is 10.7. The van der Waals surface area contributed by atoms with Crippen LogP contribution in [0, 0.1) is 0 Å². The van der Waals surface area contributed by atoms with Gasteiger partial charge in [-0.1, -0.05) is 6.07 Å². The molecular weight excluding hydrogens is 234 g/mol. The zero-order valence-electron chi connectivity index (χ0n) is 9.45. The molecule has 0 spiro atoms. The molecule has 0 amide bonds. The van der Waals surface area contributed by atoms with Crippen LogP contribution in [0.25, 0.3) is 0 Å². The zero-order valence-corrected chi connectivity index (χ0v) is 9.45. The van der Waals surface area contributed by atoms with E-state index in [9.17, 15) is 4.79 Å². The van der Waals surface area contributed by atoms with Gasteiger partial charge in [0.25, 0.3) is 5.82 Å². The fraction of sp³-hybridized carbons (Fsp3) is 0.273. The Kier molecular flexibility index (Phi) is 2.44. The molecule has 92 valence electrons. The molecule has 0 bridgehead atoms. The number of pyridine rings is 1. The lowest BCUT2D eigenvalue weighted by atomic mass is 10.1. The summed E-state index contributed by atoms with van der Waals surface area (Å²) in [5, 5.41) is 16.0. The van der Waals surface area contributed by atoms with Crippen LogP contribution in [0.3, 0.4) is 0 Å². The maximum Gasteiger partial charge on any atom is 0.375 e. The van der Waals surface area contributed by atoms with Crippen molar-refractivity contribution < 1.29 is 9.90 Å². The number of aromatic carboxylic acids is 1. The van der Waals surface area contributed by atoms with Crippen molar-refractivity contribution in [2.75, 3.05) is 11.9 Å². The summed E-state index contributed by atoms with van der Waals surface area (Å²) in [7, 11) is 0. The largest absolute Gasteiger partial charge is 0.475 e. The maximum atomic E-state index is 10.9. The van der Waals surface area contributed by atoms with E-state index in [4.69, 9.17) is 5.11 Å². The predicted octanol–water partition coefficient (Wildman–Crippen LogP) is 0.776. The molecule has 1 atom stereocenters. The van der Waals surface area contributed by atoms with E-state index in [1.165, 1.54) is 0 Å². The van der Waals surface area contributed by atoms with Gasteiger partial charge in [-0.2, -0.15) is 4.98 Å². The van der Waals surface area contributed by atoms with E-state index in [0.717, 1.165) is 18.5 Å². The number of nitrogens with zero attached hydrogens (tertiary/aromatic N) is 4. The Balaban J connectivity index is 2.04. The van der Waals surface area contributed by atoms with E-state index < -0.39 is 5.97 Å². The third kappa shape index (κ3) is 1.69. The molecule has 0 aromatic carbocycles. The second-order valence-corrected chi connectivity index (χ2v) is 4.03. The summed E-state index contributed by atoms with van der Waals surface area (Å²) in [6.45, 7) is 0.733. The Labute approximate surface area is 102 Å². The van der Waals surface area contributed by atoms with Gasteiger partial charge in [-0.15, -0.1) is 5.10 Å². The Bertz CT molecular complexity index is 580. The van der Waals surface area contributed by atoms with Gasteiger partial charge in [-0.3, -0.25) is 4.98 Å². The third-order valence-corrected chi connectivity index (χ3v) is 2.89. The van der Waals surface area contributed by atoms with E-state index in [1.54, 1.807) is 17.1 Å². The molecule has 3 heterocycles. The highest BCUT2D eigenvalue weighted by atomic mass is 16.4. The maximum absolute atomic E-state index is 10.9. The molecule has 1 unspecified atom stereocenters. The number of aromatic nitrogens is 4. The van der Waals surface area contributed by atoms with Gasteiger partial charge >= 0.3 is 5.97 Å². The molecule has 2 aromatic rings. The van der Waals surface area contributed by atoms with Crippen LogP contribution >= 0.6 is 0 Å². The average molecular weight is 245 g/mol. The quantitative estimate of drug-likeness (QED) is 0.812.